The molecule has 3 rings (SSSR count). The Morgan fingerprint density at radius 2 is 1.97 bits per heavy atom. The van der Waals surface area contributed by atoms with Crippen molar-refractivity contribution >= 4 is 44.4 Å². The lowest BCUT2D eigenvalue weighted by molar-refractivity contribution is -0.384. The molecule has 0 saturated heterocycles. The van der Waals surface area contributed by atoms with Crippen LogP contribution in [0.4, 0.5) is 15.6 Å². The lowest BCUT2D eigenvalue weighted by atomic mass is 9.99. The number of rotatable bonds is 5. The van der Waals surface area contributed by atoms with Crippen LogP contribution in [0, 0.1) is 10.1 Å². The van der Waals surface area contributed by atoms with Gasteiger partial charge in [0.15, 0.2) is 5.13 Å². The van der Waals surface area contributed by atoms with E-state index in [1.807, 2.05) is 0 Å². The number of nitro benzene ring substituents is 1. The number of non-ortho nitro benzene ring substituents is 1. The Hall–Kier alpha value is -3.73. The van der Waals surface area contributed by atoms with Crippen molar-refractivity contribution in [1.82, 2.24) is 4.98 Å². The third-order valence-electron chi connectivity index (χ3n) is 4.03. The minimum atomic E-state index is -1.24. The number of fused-ring (bicyclic) bond motifs is 1. The number of hydrogen-bond donors (Lipinski definition) is 2. The predicted octanol–water partition coefficient (Wildman–Crippen LogP) is 4.93. The molecule has 0 fully saturated rings. The quantitative estimate of drug-likeness (QED) is 0.416. The highest BCUT2D eigenvalue weighted by molar-refractivity contribution is 7.22. The van der Waals surface area contributed by atoms with Crippen molar-refractivity contribution in [3.8, 4) is 16.9 Å². The summed E-state index contributed by atoms with van der Waals surface area (Å²) in [5, 5.41) is 23.6. The van der Waals surface area contributed by atoms with Crippen molar-refractivity contribution in [3.63, 3.8) is 0 Å². The highest BCUT2D eigenvalue weighted by atomic mass is 32.1. The number of aromatic carboxylic acids is 1. The Morgan fingerprint density at radius 1 is 1.26 bits per heavy atom. The van der Waals surface area contributed by atoms with Crippen molar-refractivity contribution < 1.29 is 29.1 Å². The van der Waals surface area contributed by atoms with E-state index >= 15 is 0 Å². The van der Waals surface area contributed by atoms with Crippen molar-refractivity contribution in [3.05, 3.63) is 46.0 Å². The van der Waals surface area contributed by atoms with Gasteiger partial charge in [0, 0.05) is 12.1 Å². The largest absolute Gasteiger partial charge is 0.495 e. The molecule has 162 valence electrons. The monoisotopic (exact) mass is 445 g/mol. The fourth-order valence-electron chi connectivity index (χ4n) is 2.91. The Balaban J connectivity index is 2.22. The van der Waals surface area contributed by atoms with Gasteiger partial charge in [0.1, 0.15) is 16.9 Å². The van der Waals surface area contributed by atoms with E-state index in [4.69, 9.17) is 9.47 Å². The number of carbonyl (C=O) groups excluding carboxylic acids is 1. The number of nitrogens with zero attached hydrogens (tertiary/aromatic N) is 2. The number of carboxylic acids is 1. The van der Waals surface area contributed by atoms with Crippen LogP contribution in [0.25, 0.3) is 21.3 Å². The molecule has 0 bridgehead atoms. The number of anilines is 1. The summed E-state index contributed by atoms with van der Waals surface area (Å²) in [5.74, 6) is -1.23. The molecule has 1 aromatic heterocycles. The second-order valence-electron chi connectivity index (χ2n) is 7.44. The van der Waals surface area contributed by atoms with Crippen LogP contribution in [0.5, 0.6) is 5.75 Å². The van der Waals surface area contributed by atoms with E-state index < -0.39 is 22.6 Å². The summed E-state index contributed by atoms with van der Waals surface area (Å²) in [7, 11) is 1.31. The Bertz CT molecular complexity index is 1200. The zero-order valence-corrected chi connectivity index (χ0v) is 17.9. The smallest absolute Gasteiger partial charge is 0.413 e. The zero-order valence-electron chi connectivity index (χ0n) is 17.1. The number of hydrogen-bond acceptors (Lipinski definition) is 8. The van der Waals surface area contributed by atoms with Gasteiger partial charge in [0.25, 0.3) is 5.69 Å². The summed E-state index contributed by atoms with van der Waals surface area (Å²) < 4.78 is 11.0. The molecular formula is C20H19N3O7S. The number of nitro groups is 1. The number of aromatic nitrogens is 1. The highest BCUT2D eigenvalue weighted by Gasteiger charge is 2.25. The molecule has 0 spiro atoms. The second kappa shape index (κ2) is 8.19. The lowest BCUT2D eigenvalue weighted by Crippen LogP contribution is -2.27. The number of benzene rings is 2. The average molecular weight is 445 g/mol. The van der Waals surface area contributed by atoms with Crippen LogP contribution < -0.4 is 10.1 Å². The van der Waals surface area contributed by atoms with Crippen LogP contribution in [-0.4, -0.2) is 39.8 Å². The molecule has 31 heavy (non-hydrogen) atoms. The van der Waals surface area contributed by atoms with Crippen LogP contribution >= 0.6 is 11.3 Å². The van der Waals surface area contributed by atoms with E-state index in [1.165, 1.54) is 31.4 Å². The van der Waals surface area contributed by atoms with Crippen molar-refractivity contribution in [2.24, 2.45) is 0 Å². The molecular weight excluding hydrogens is 426 g/mol. The zero-order chi connectivity index (χ0) is 22.9. The fourth-order valence-corrected chi connectivity index (χ4v) is 3.81. The maximum absolute atomic E-state index is 12.1. The first-order valence-corrected chi connectivity index (χ1v) is 9.81. The minimum Gasteiger partial charge on any atom is -0.495 e. The van der Waals surface area contributed by atoms with Gasteiger partial charge < -0.3 is 14.6 Å². The second-order valence-corrected chi connectivity index (χ2v) is 8.47. The van der Waals surface area contributed by atoms with Crippen molar-refractivity contribution in [1.29, 1.82) is 0 Å². The van der Waals surface area contributed by atoms with Gasteiger partial charge in [-0.2, -0.15) is 0 Å². The maximum Gasteiger partial charge on any atom is 0.413 e. The molecule has 0 aliphatic carbocycles. The van der Waals surface area contributed by atoms with E-state index in [0.717, 1.165) is 11.3 Å². The Kier molecular flexibility index (Phi) is 5.80. The molecule has 0 aliphatic rings. The maximum atomic E-state index is 12.1. The molecule has 1 amide bonds. The van der Waals surface area contributed by atoms with E-state index in [2.05, 4.69) is 10.3 Å². The van der Waals surface area contributed by atoms with Gasteiger partial charge >= 0.3 is 12.1 Å². The molecule has 2 N–H and O–H groups in total. The standard InChI is InChI=1S/C20H19N3O7S/c1-20(2,3)30-19(26)22-18-21-15-13(31-18)9-12(17(24)25)16(29-4)14(15)10-6-5-7-11(8-10)23(27)28/h5-9H,1-4H3,(H,24,25)(H,21,22,26). The van der Waals surface area contributed by atoms with Gasteiger partial charge in [-0.25, -0.2) is 14.6 Å². The third-order valence-corrected chi connectivity index (χ3v) is 4.94. The fraction of sp³-hybridized carbons (Fsp3) is 0.250. The molecule has 0 unspecified atom stereocenters. The molecule has 2 aromatic carbocycles. The first-order chi connectivity index (χ1) is 14.5. The Morgan fingerprint density at radius 3 is 2.55 bits per heavy atom. The number of methoxy groups -OCH3 is 1. The molecule has 0 saturated carbocycles. The predicted molar refractivity (Wildman–Crippen MR) is 115 cm³/mol. The van der Waals surface area contributed by atoms with Crippen LogP contribution in [0.15, 0.2) is 30.3 Å². The third kappa shape index (κ3) is 4.72. The number of ether oxygens (including phenoxy) is 2. The lowest BCUT2D eigenvalue weighted by Gasteiger charge is -2.18. The van der Waals surface area contributed by atoms with Crippen LogP contribution in [-0.2, 0) is 4.74 Å². The molecule has 0 radical (unpaired) electrons. The van der Waals surface area contributed by atoms with Gasteiger partial charge in [-0.3, -0.25) is 15.4 Å². The molecule has 11 heteroatoms. The van der Waals surface area contributed by atoms with Gasteiger partial charge in [-0.05, 0) is 32.4 Å². The first-order valence-electron chi connectivity index (χ1n) is 9.00. The summed E-state index contributed by atoms with van der Waals surface area (Å²) in [6.07, 6.45) is -0.714. The van der Waals surface area contributed by atoms with Crippen LogP contribution in [0.2, 0.25) is 0 Å². The number of carboxylic acid groups (broad SMARTS) is 1. The van der Waals surface area contributed by atoms with E-state index in [-0.39, 0.29) is 27.7 Å². The number of nitrogens with one attached hydrogen (secondary N) is 1. The summed E-state index contributed by atoms with van der Waals surface area (Å²) in [6, 6.07) is 7.10. The summed E-state index contributed by atoms with van der Waals surface area (Å²) in [4.78, 5) is 39.0. The van der Waals surface area contributed by atoms with Gasteiger partial charge in [-0.1, -0.05) is 23.5 Å². The molecule has 3 aromatic rings. The molecule has 0 atom stereocenters. The normalized spacial score (nSPS) is 11.2. The van der Waals surface area contributed by atoms with Crippen molar-refractivity contribution in [2.75, 3.05) is 12.4 Å². The van der Waals surface area contributed by atoms with E-state index in [1.54, 1.807) is 26.8 Å². The Labute approximate surface area is 180 Å². The highest BCUT2D eigenvalue weighted by Crippen LogP contribution is 2.43. The van der Waals surface area contributed by atoms with E-state index in [0.29, 0.717) is 15.8 Å². The van der Waals surface area contributed by atoms with Crippen LogP contribution in [0.3, 0.4) is 0 Å². The SMILES string of the molecule is COc1c(C(=O)O)cc2sc(NC(=O)OC(C)(C)C)nc2c1-c1cccc([N+](=O)[O-])c1. The molecule has 0 aliphatic heterocycles. The van der Waals surface area contributed by atoms with E-state index in [9.17, 15) is 24.8 Å². The molecule has 1 heterocycles. The number of carbonyl (C=O) groups is 2. The summed E-state index contributed by atoms with van der Waals surface area (Å²) in [6.45, 7) is 5.15. The van der Waals surface area contributed by atoms with Gasteiger partial charge in [0.2, 0.25) is 0 Å². The van der Waals surface area contributed by atoms with Gasteiger partial charge in [0.05, 0.1) is 27.8 Å². The number of amides is 1. The molecule has 10 nitrogen and oxygen atoms in total. The summed E-state index contributed by atoms with van der Waals surface area (Å²) in [5.41, 5.74) is -0.0600. The van der Waals surface area contributed by atoms with Crippen molar-refractivity contribution in [2.45, 2.75) is 26.4 Å². The topological polar surface area (TPSA) is 141 Å². The minimum absolute atomic E-state index is 0.00890. The number of thiazole rings is 1. The summed E-state index contributed by atoms with van der Waals surface area (Å²) >= 11 is 1.05. The van der Waals surface area contributed by atoms with Gasteiger partial charge in [-0.15, -0.1) is 0 Å². The van der Waals surface area contributed by atoms with Crippen LogP contribution in [0.1, 0.15) is 31.1 Å². The average Bonchev–Trinajstić information content (AvgIpc) is 3.06. The first kappa shape index (κ1) is 22.0.